The Morgan fingerprint density at radius 2 is 1.86 bits per heavy atom. The molecule has 0 spiro atoms. The minimum absolute atomic E-state index is 0.258. The standard InChI is InChI=1S/C16H17ClN2OS/c1-9-7-10(2)13(11(3)8-9)20-15-14-12(5-4-6-21-14)18-16(17)19-15/h7-8H,4-6H2,1-3H3. The third-order valence-electron chi connectivity index (χ3n) is 3.49. The summed E-state index contributed by atoms with van der Waals surface area (Å²) in [5.41, 5.74) is 4.45. The quantitative estimate of drug-likeness (QED) is 0.738. The Morgan fingerprint density at radius 3 is 2.57 bits per heavy atom. The number of nitrogens with zero attached hydrogens (tertiary/aromatic N) is 2. The maximum Gasteiger partial charge on any atom is 0.237 e. The van der Waals surface area contributed by atoms with Gasteiger partial charge in [-0.3, -0.25) is 0 Å². The summed E-state index contributed by atoms with van der Waals surface area (Å²) in [6.45, 7) is 6.19. The molecule has 1 aliphatic heterocycles. The topological polar surface area (TPSA) is 35.0 Å². The van der Waals surface area contributed by atoms with Crippen LogP contribution in [0.25, 0.3) is 0 Å². The largest absolute Gasteiger partial charge is 0.437 e. The highest BCUT2D eigenvalue weighted by molar-refractivity contribution is 7.99. The van der Waals surface area contributed by atoms with Crippen molar-refractivity contribution in [3.8, 4) is 11.6 Å². The number of thioether (sulfide) groups is 1. The molecule has 0 unspecified atom stereocenters. The molecular weight excluding hydrogens is 304 g/mol. The number of hydrogen-bond donors (Lipinski definition) is 0. The molecule has 2 aromatic rings. The van der Waals surface area contributed by atoms with E-state index < -0.39 is 0 Å². The van der Waals surface area contributed by atoms with Crippen LogP contribution in [0.3, 0.4) is 0 Å². The Labute approximate surface area is 134 Å². The van der Waals surface area contributed by atoms with Crippen LogP contribution >= 0.6 is 23.4 Å². The number of benzene rings is 1. The van der Waals surface area contributed by atoms with Gasteiger partial charge in [-0.2, -0.15) is 4.98 Å². The second-order valence-corrected chi connectivity index (χ2v) is 6.80. The second kappa shape index (κ2) is 5.85. The van der Waals surface area contributed by atoms with Crippen molar-refractivity contribution in [2.45, 2.75) is 38.5 Å². The number of hydrogen-bond acceptors (Lipinski definition) is 4. The summed E-state index contributed by atoms with van der Waals surface area (Å²) in [5, 5.41) is 0.258. The van der Waals surface area contributed by atoms with E-state index in [2.05, 4.69) is 42.9 Å². The lowest BCUT2D eigenvalue weighted by Gasteiger charge is -2.19. The fourth-order valence-corrected chi connectivity index (χ4v) is 3.86. The summed E-state index contributed by atoms with van der Waals surface area (Å²) in [5.74, 6) is 2.52. The molecule has 0 bridgehead atoms. The molecule has 1 aromatic heterocycles. The highest BCUT2D eigenvalue weighted by atomic mass is 35.5. The van der Waals surface area contributed by atoms with E-state index >= 15 is 0 Å². The summed E-state index contributed by atoms with van der Waals surface area (Å²) >= 11 is 7.79. The molecule has 0 saturated carbocycles. The van der Waals surface area contributed by atoms with Gasteiger partial charge in [0.2, 0.25) is 11.2 Å². The van der Waals surface area contributed by atoms with E-state index in [1.165, 1.54) is 5.56 Å². The third-order valence-corrected chi connectivity index (χ3v) is 4.85. The van der Waals surface area contributed by atoms with Gasteiger partial charge in [-0.05, 0) is 62.1 Å². The van der Waals surface area contributed by atoms with Gasteiger partial charge < -0.3 is 4.74 Å². The summed E-state index contributed by atoms with van der Waals surface area (Å²) in [7, 11) is 0. The Balaban J connectivity index is 2.04. The van der Waals surface area contributed by atoms with E-state index in [1.807, 2.05) is 0 Å². The molecule has 110 valence electrons. The van der Waals surface area contributed by atoms with Crippen LogP contribution in [0.5, 0.6) is 11.6 Å². The summed E-state index contributed by atoms with van der Waals surface area (Å²) in [4.78, 5) is 9.66. The molecule has 1 aromatic carbocycles. The summed E-state index contributed by atoms with van der Waals surface area (Å²) < 4.78 is 6.12. The molecule has 5 heteroatoms. The SMILES string of the molecule is Cc1cc(C)c(Oc2nc(Cl)nc3c2SCCC3)c(C)c1. The average molecular weight is 321 g/mol. The first-order valence-corrected chi connectivity index (χ1v) is 8.36. The van der Waals surface area contributed by atoms with Crippen molar-refractivity contribution in [3.05, 3.63) is 39.8 Å². The molecule has 3 nitrogen and oxygen atoms in total. The summed E-state index contributed by atoms with van der Waals surface area (Å²) in [6.07, 6.45) is 2.06. The van der Waals surface area contributed by atoms with Crippen molar-refractivity contribution in [2.24, 2.45) is 0 Å². The van der Waals surface area contributed by atoms with E-state index in [1.54, 1.807) is 11.8 Å². The number of halogens is 1. The molecule has 0 radical (unpaired) electrons. The molecule has 0 N–H and O–H groups in total. The van der Waals surface area contributed by atoms with Crippen LogP contribution in [0, 0.1) is 20.8 Å². The predicted octanol–water partition coefficient (Wildman–Crippen LogP) is 4.89. The van der Waals surface area contributed by atoms with Crippen LogP contribution in [0.4, 0.5) is 0 Å². The molecule has 2 heterocycles. The van der Waals surface area contributed by atoms with Crippen LogP contribution in [-0.4, -0.2) is 15.7 Å². The van der Waals surface area contributed by atoms with Gasteiger partial charge >= 0.3 is 0 Å². The van der Waals surface area contributed by atoms with Gasteiger partial charge in [0.15, 0.2) is 0 Å². The first-order chi connectivity index (χ1) is 10.0. The first kappa shape index (κ1) is 14.7. The Hall–Kier alpha value is -1.26. The number of ether oxygens (including phenoxy) is 1. The van der Waals surface area contributed by atoms with E-state index in [4.69, 9.17) is 16.3 Å². The van der Waals surface area contributed by atoms with Crippen molar-refractivity contribution in [3.63, 3.8) is 0 Å². The van der Waals surface area contributed by atoms with Crippen molar-refractivity contribution < 1.29 is 4.74 Å². The number of aromatic nitrogens is 2. The molecule has 1 aliphatic rings. The number of aryl methyl sites for hydroxylation is 4. The van der Waals surface area contributed by atoms with Gasteiger partial charge in [0.05, 0.1) is 10.6 Å². The number of fused-ring (bicyclic) bond motifs is 1. The minimum atomic E-state index is 0.258. The molecule has 0 amide bonds. The molecular formula is C16H17ClN2OS. The Kier molecular flexibility index (Phi) is 4.09. The van der Waals surface area contributed by atoms with Gasteiger partial charge in [-0.1, -0.05) is 17.7 Å². The Bertz CT molecular complexity index is 680. The zero-order chi connectivity index (χ0) is 15.0. The third kappa shape index (κ3) is 3.01. The lowest BCUT2D eigenvalue weighted by Crippen LogP contribution is -2.06. The van der Waals surface area contributed by atoms with Crippen molar-refractivity contribution in [1.82, 2.24) is 9.97 Å². The zero-order valence-electron chi connectivity index (χ0n) is 12.4. The molecule has 3 rings (SSSR count). The van der Waals surface area contributed by atoms with Crippen LogP contribution in [0.2, 0.25) is 5.28 Å². The molecule has 21 heavy (non-hydrogen) atoms. The fraction of sp³-hybridized carbons (Fsp3) is 0.375. The molecule has 0 atom stereocenters. The highest BCUT2D eigenvalue weighted by Crippen LogP contribution is 2.39. The monoisotopic (exact) mass is 320 g/mol. The van der Waals surface area contributed by atoms with E-state index in [0.717, 1.165) is 46.1 Å². The van der Waals surface area contributed by atoms with Gasteiger partial charge in [-0.25, -0.2) is 4.98 Å². The normalized spacial score (nSPS) is 13.9. The van der Waals surface area contributed by atoms with Gasteiger partial charge in [0.25, 0.3) is 0 Å². The van der Waals surface area contributed by atoms with Gasteiger partial charge in [0, 0.05) is 0 Å². The van der Waals surface area contributed by atoms with Crippen molar-refractivity contribution in [2.75, 3.05) is 5.75 Å². The van der Waals surface area contributed by atoms with Crippen LogP contribution in [0.15, 0.2) is 17.0 Å². The smallest absolute Gasteiger partial charge is 0.237 e. The maximum absolute atomic E-state index is 6.12. The maximum atomic E-state index is 6.12. The predicted molar refractivity (Wildman–Crippen MR) is 86.8 cm³/mol. The van der Waals surface area contributed by atoms with Crippen LogP contribution in [-0.2, 0) is 6.42 Å². The molecule has 0 aliphatic carbocycles. The van der Waals surface area contributed by atoms with Gasteiger partial charge in [0.1, 0.15) is 5.75 Å². The zero-order valence-corrected chi connectivity index (χ0v) is 13.9. The minimum Gasteiger partial charge on any atom is -0.437 e. The Morgan fingerprint density at radius 1 is 1.14 bits per heavy atom. The van der Waals surface area contributed by atoms with Crippen molar-refractivity contribution >= 4 is 23.4 Å². The average Bonchev–Trinajstić information content (AvgIpc) is 2.42. The summed E-state index contributed by atoms with van der Waals surface area (Å²) in [6, 6.07) is 4.23. The first-order valence-electron chi connectivity index (χ1n) is 6.99. The van der Waals surface area contributed by atoms with Crippen LogP contribution < -0.4 is 4.74 Å². The number of rotatable bonds is 2. The van der Waals surface area contributed by atoms with Crippen molar-refractivity contribution in [1.29, 1.82) is 0 Å². The molecule has 0 saturated heterocycles. The second-order valence-electron chi connectivity index (χ2n) is 5.36. The molecule has 0 fully saturated rings. The lowest BCUT2D eigenvalue weighted by molar-refractivity contribution is 0.438. The van der Waals surface area contributed by atoms with Crippen LogP contribution in [0.1, 0.15) is 28.8 Å². The van der Waals surface area contributed by atoms with E-state index in [0.29, 0.717) is 5.88 Å². The van der Waals surface area contributed by atoms with Gasteiger partial charge in [-0.15, -0.1) is 11.8 Å². The fourth-order valence-electron chi connectivity index (χ4n) is 2.67. The van der Waals surface area contributed by atoms with E-state index in [9.17, 15) is 0 Å². The highest BCUT2D eigenvalue weighted by Gasteiger charge is 2.20. The lowest BCUT2D eigenvalue weighted by atomic mass is 10.1. The van der Waals surface area contributed by atoms with E-state index in [-0.39, 0.29) is 5.28 Å².